The first-order chi connectivity index (χ1) is 34.5. The molecule has 402 valence electrons. The van der Waals surface area contributed by atoms with Crippen LogP contribution in [0, 0.1) is 0 Å². The fourth-order valence-corrected chi connectivity index (χ4v) is 8.25. The lowest BCUT2D eigenvalue weighted by Gasteiger charge is -2.18. The van der Waals surface area contributed by atoms with Crippen LogP contribution >= 0.6 is 0 Å². The predicted octanol–water partition coefficient (Wildman–Crippen LogP) is 19.9. The zero-order valence-electron chi connectivity index (χ0n) is 46.0. The van der Waals surface area contributed by atoms with Crippen LogP contribution in [0.5, 0.6) is 0 Å². The van der Waals surface area contributed by atoms with Crippen molar-refractivity contribution in [3.8, 4) is 0 Å². The molecule has 0 aromatic heterocycles. The molecule has 1 atom stereocenters. The molecule has 0 N–H and O–H groups in total. The second-order valence-electron chi connectivity index (χ2n) is 19.5. The van der Waals surface area contributed by atoms with Crippen LogP contribution in [0.25, 0.3) is 0 Å². The first kappa shape index (κ1) is 66.6. The minimum atomic E-state index is -0.770. The maximum absolute atomic E-state index is 12.7. The molecule has 70 heavy (non-hydrogen) atoms. The van der Waals surface area contributed by atoms with E-state index in [1.165, 1.54) is 135 Å². The lowest BCUT2D eigenvalue weighted by atomic mass is 10.0. The van der Waals surface area contributed by atoms with Crippen molar-refractivity contribution in [3.63, 3.8) is 0 Å². The van der Waals surface area contributed by atoms with Gasteiger partial charge in [-0.1, -0.05) is 273 Å². The number of unbranched alkanes of at least 4 members (excludes halogenated alkanes) is 28. The van der Waals surface area contributed by atoms with Crippen LogP contribution in [-0.4, -0.2) is 37.2 Å². The van der Waals surface area contributed by atoms with E-state index in [4.69, 9.17) is 14.2 Å². The number of esters is 3. The number of rotatable bonds is 53. The van der Waals surface area contributed by atoms with Crippen LogP contribution in [0.15, 0.2) is 85.1 Å². The second-order valence-corrected chi connectivity index (χ2v) is 19.5. The zero-order chi connectivity index (χ0) is 50.7. The second kappa shape index (κ2) is 58.2. The molecule has 0 saturated carbocycles. The van der Waals surface area contributed by atoms with E-state index in [9.17, 15) is 14.4 Å². The molecule has 0 aromatic rings. The summed E-state index contributed by atoms with van der Waals surface area (Å²) in [6, 6.07) is 0. The van der Waals surface area contributed by atoms with Gasteiger partial charge in [0.05, 0.1) is 0 Å². The van der Waals surface area contributed by atoms with Crippen molar-refractivity contribution in [1.29, 1.82) is 0 Å². The van der Waals surface area contributed by atoms with Crippen molar-refractivity contribution in [2.75, 3.05) is 13.2 Å². The fraction of sp³-hybridized carbons (Fsp3) is 0.734. The minimum Gasteiger partial charge on any atom is -0.462 e. The minimum absolute atomic E-state index is 0.0742. The largest absolute Gasteiger partial charge is 0.462 e. The Balaban J connectivity index is 4.00. The average Bonchev–Trinajstić information content (AvgIpc) is 3.36. The van der Waals surface area contributed by atoms with Gasteiger partial charge in [0.15, 0.2) is 6.10 Å². The molecule has 0 rings (SSSR count). The summed E-state index contributed by atoms with van der Waals surface area (Å²) in [6.07, 6.45) is 76.3. The summed E-state index contributed by atoms with van der Waals surface area (Å²) in [7, 11) is 0. The monoisotopic (exact) mass is 975 g/mol. The summed E-state index contributed by atoms with van der Waals surface area (Å²) in [5, 5.41) is 0. The van der Waals surface area contributed by atoms with E-state index >= 15 is 0 Å². The van der Waals surface area contributed by atoms with E-state index in [1.54, 1.807) is 0 Å². The number of hydrogen-bond donors (Lipinski definition) is 0. The summed E-state index contributed by atoms with van der Waals surface area (Å²) in [6.45, 7) is 6.45. The van der Waals surface area contributed by atoms with E-state index < -0.39 is 6.10 Å². The molecule has 0 radical (unpaired) electrons. The van der Waals surface area contributed by atoms with Gasteiger partial charge in [-0.25, -0.2) is 0 Å². The highest BCUT2D eigenvalue weighted by atomic mass is 16.6. The molecule has 1 unspecified atom stereocenters. The van der Waals surface area contributed by atoms with Crippen molar-refractivity contribution in [1.82, 2.24) is 0 Å². The molecule has 0 aliphatic rings. The molecule has 0 fully saturated rings. The Bertz CT molecular complexity index is 1350. The van der Waals surface area contributed by atoms with Gasteiger partial charge in [0.1, 0.15) is 13.2 Å². The smallest absolute Gasteiger partial charge is 0.306 e. The molecule has 0 spiro atoms. The molecule has 0 aromatic carbocycles. The molecule has 0 saturated heterocycles. The van der Waals surface area contributed by atoms with Gasteiger partial charge in [0.25, 0.3) is 0 Å². The van der Waals surface area contributed by atoms with Crippen LogP contribution in [0.2, 0.25) is 0 Å². The van der Waals surface area contributed by atoms with Gasteiger partial charge in [-0.05, 0) is 77.0 Å². The first-order valence-corrected chi connectivity index (χ1v) is 29.6. The number of carbonyl (C=O) groups excluding carboxylic acids is 3. The summed E-state index contributed by atoms with van der Waals surface area (Å²) in [5.41, 5.74) is 0. The quantitative estimate of drug-likeness (QED) is 0.0261. The maximum Gasteiger partial charge on any atom is 0.306 e. The highest BCUT2D eigenvalue weighted by Crippen LogP contribution is 2.16. The summed E-state index contributed by atoms with van der Waals surface area (Å²) in [4.78, 5) is 37.8. The Labute approximate surface area is 433 Å². The predicted molar refractivity (Wildman–Crippen MR) is 302 cm³/mol. The third kappa shape index (κ3) is 55.5. The van der Waals surface area contributed by atoms with E-state index in [-0.39, 0.29) is 31.1 Å². The highest BCUT2D eigenvalue weighted by Gasteiger charge is 2.19. The third-order valence-electron chi connectivity index (χ3n) is 12.7. The number of hydrogen-bond acceptors (Lipinski definition) is 6. The Morgan fingerprint density at radius 3 is 0.871 bits per heavy atom. The summed E-state index contributed by atoms with van der Waals surface area (Å²) >= 11 is 0. The number of ether oxygens (including phenoxy) is 3. The van der Waals surface area contributed by atoms with Gasteiger partial charge in [-0.3, -0.25) is 14.4 Å². The fourth-order valence-electron chi connectivity index (χ4n) is 8.25. The standard InChI is InChI=1S/C64H110O6/c1-4-7-10-13-15-17-19-21-23-24-25-26-27-28-29-30-31-32-33-34-35-36-37-38-39-40-41-43-44-46-48-51-54-57-63(66)69-60-61(59-68-62(65)56-53-50-12-9-6-3)70-64(67)58-55-52-49-47-45-42-22-20-18-16-14-11-8-5-2/h7,10,15,17,21,23,25-26,28-29,31-32,34-35,61H,4-6,8-9,11-14,16,18-20,22,24,27,30,33,36-60H2,1-3H3/b10-7-,17-15-,23-21-,26-25-,29-28-,32-31-,35-34-. The topological polar surface area (TPSA) is 78.9 Å². The van der Waals surface area contributed by atoms with Gasteiger partial charge < -0.3 is 14.2 Å². The van der Waals surface area contributed by atoms with Crippen LogP contribution in [0.1, 0.15) is 284 Å². The van der Waals surface area contributed by atoms with Gasteiger partial charge >= 0.3 is 17.9 Å². The molecule has 0 aliphatic heterocycles. The molecular weight excluding hydrogens is 865 g/mol. The molecule has 0 heterocycles. The lowest BCUT2D eigenvalue weighted by molar-refractivity contribution is -0.167. The Morgan fingerprint density at radius 1 is 0.300 bits per heavy atom. The zero-order valence-corrected chi connectivity index (χ0v) is 46.0. The maximum atomic E-state index is 12.7. The van der Waals surface area contributed by atoms with E-state index in [1.807, 2.05) is 0 Å². The van der Waals surface area contributed by atoms with Crippen LogP contribution in [0.4, 0.5) is 0 Å². The van der Waals surface area contributed by atoms with E-state index in [2.05, 4.69) is 106 Å². The van der Waals surface area contributed by atoms with Crippen LogP contribution < -0.4 is 0 Å². The Morgan fingerprint density at radius 2 is 0.557 bits per heavy atom. The van der Waals surface area contributed by atoms with Crippen LogP contribution in [0.3, 0.4) is 0 Å². The van der Waals surface area contributed by atoms with Gasteiger partial charge in [-0.15, -0.1) is 0 Å². The normalized spacial score (nSPS) is 12.7. The molecule has 0 amide bonds. The van der Waals surface area contributed by atoms with Crippen molar-refractivity contribution in [2.45, 2.75) is 290 Å². The molecule has 6 heteroatoms. The SMILES string of the molecule is CC/C=C\C/C=C\C/C=C\C/C=C\C/C=C\C/C=C\C/C=C\CCCCCCCCCCCCCC(=O)OCC(COC(=O)CCCCCCC)OC(=O)CCCCCCCCCCCCCCCC. The molecule has 0 aliphatic carbocycles. The third-order valence-corrected chi connectivity index (χ3v) is 12.7. The Hall–Kier alpha value is -3.41. The summed E-state index contributed by atoms with van der Waals surface area (Å²) in [5.74, 6) is -0.883. The summed E-state index contributed by atoms with van der Waals surface area (Å²) < 4.78 is 16.7. The number of carbonyl (C=O) groups is 3. The van der Waals surface area contributed by atoms with Crippen molar-refractivity contribution in [3.05, 3.63) is 85.1 Å². The van der Waals surface area contributed by atoms with E-state index in [0.717, 1.165) is 109 Å². The van der Waals surface area contributed by atoms with Crippen molar-refractivity contribution < 1.29 is 28.6 Å². The first-order valence-electron chi connectivity index (χ1n) is 29.6. The lowest BCUT2D eigenvalue weighted by Crippen LogP contribution is -2.30. The molecular formula is C64H110O6. The van der Waals surface area contributed by atoms with Gasteiger partial charge in [0.2, 0.25) is 0 Å². The van der Waals surface area contributed by atoms with Gasteiger partial charge in [0, 0.05) is 19.3 Å². The average molecular weight is 976 g/mol. The van der Waals surface area contributed by atoms with Crippen LogP contribution in [-0.2, 0) is 28.6 Å². The van der Waals surface area contributed by atoms with Crippen molar-refractivity contribution >= 4 is 17.9 Å². The number of allylic oxidation sites excluding steroid dienone is 14. The molecule has 0 bridgehead atoms. The van der Waals surface area contributed by atoms with Gasteiger partial charge in [-0.2, -0.15) is 0 Å². The highest BCUT2D eigenvalue weighted by molar-refractivity contribution is 5.71. The molecule has 6 nitrogen and oxygen atoms in total. The van der Waals surface area contributed by atoms with Crippen molar-refractivity contribution in [2.24, 2.45) is 0 Å². The van der Waals surface area contributed by atoms with E-state index in [0.29, 0.717) is 19.3 Å². The Kier molecular flexibility index (Phi) is 55.3.